The molecule has 0 radical (unpaired) electrons. The number of nitrogens with one attached hydrogen (secondary N) is 1. The molecule has 0 spiro atoms. The number of aromatic nitrogens is 4. The molecule has 0 saturated heterocycles. The monoisotopic (exact) mass is 452 g/mol. The Hall–Kier alpha value is -3.33. The first-order valence-corrected chi connectivity index (χ1v) is 11.1. The summed E-state index contributed by atoms with van der Waals surface area (Å²) in [6.07, 6.45) is 3.88. The van der Waals surface area contributed by atoms with Gasteiger partial charge in [0.15, 0.2) is 5.82 Å². The summed E-state index contributed by atoms with van der Waals surface area (Å²) in [5.41, 5.74) is 9.17. The number of aliphatic hydroxyl groups is 1. The highest BCUT2D eigenvalue weighted by Gasteiger charge is 2.35. The fourth-order valence-corrected chi connectivity index (χ4v) is 4.83. The summed E-state index contributed by atoms with van der Waals surface area (Å²) in [6.45, 7) is -0.419. The van der Waals surface area contributed by atoms with Crippen LogP contribution in [0.4, 0.5) is 20.3 Å². The van der Waals surface area contributed by atoms with E-state index in [9.17, 15) is 13.9 Å². The van der Waals surface area contributed by atoms with Gasteiger partial charge in [0.25, 0.3) is 6.43 Å². The lowest BCUT2D eigenvalue weighted by Gasteiger charge is -2.21. The first-order chi connectivity index (χ1) is 16.0. The Labute approximate surface area is 190 Å². The number of fused-ring (bicyclic) bond motifs is 2. The van der Waals surface area contributed by atoms with Gasteiger partial charge in [0.1, 0.15) is 17.8 Å². The van der Waals surface area contributed by atoms with E-state index in [-0.39, 0.29) is 6.04 Å². The normalized spacial score (nSPS) is 20.8. The third kappa shape index (κ3) is 4.45. The van der Waals surface area contributed by atoms with Crippen LogP contribution in [0.1, 0.15) is 30.9 Å². The van der Waals surface area contributed by atoms with E-state index in [0.29, 0.717) is 28.9 Å². The van der Waals surface area contributed by atoms with E-state index in [1.54, 1.807) is 6.07 Å². The summed E-state index contributed by atoms with van der Waals surface area (Å²) in [6, 6.07) is 11.5. The number of hydrogen-bond acceptors (Lipinski definition) is 6. The first kappa shape index (κ1) is 21.5. The van der Waals surface area contributed by atoms with Gasteiger partial charge in [-0.25, -0.2) is 23.7 Å². The van der Waals surface area contributed by atoms with Crippen LogP contribution in [0.3, 0.4) is 0 Å². The van der Waals surface area contributed by atoms with Gasteiger partial charge in [-0.15, -0.1) is 0 Å². The largest absolute Gasteiger partial charge is 0.397 e. The molecule has 5 rings (SSSR count). The van der Waals surface area contributed by atoms with Crippen molar-refractivity contribution in [2.24, 2.45) is 5.92 Å². The second kappa shape index (κ2) is 8.90. The minimum atomic E-state index is -2.42. The number of hydrogen-bond donors (Lipinski definition) is 3. The zero-order valence-corrected chi connectivity index (χ0v) is 18.0. The Bertz CT molecular complexity index is 1230. The van der Waals surface area contributed by atoms with Crippen molar-refractivity contribution in [2.75, 3.05) is 17.6 Å². The van der Waals surface area contributed by atoms with Gasteiger partial charge < -0.3 is 20.7 Å². The molecule has 1 saturated carbocycles. The van der Waals surface area contributed by atoms with Crippen molar-refractivity contribution in [3.05, 3.63) is 54.5 Å². The fraction of sp³-hybridized carbons (Fsp3) is 0.375. The highest BCUT2D eigenvalue weighted by molar-refractivity contribution is 5.81. The van der Waals surface area contributed by atoms with Crippen LogP contribution in [0.2, 0.25) is 0 Å². The number of aryl methyl sites for hydroxylation is 1. The Morgan fingerprint density at radius 3 is 2.85 bits per heavy atom. The number of imidazole rings is 1. The number of rotatable bonds is 7. The van der Waals surface area contributed by atoms with E-state index in [1.165, 1.54) is 6.33 Å². The number of halogens is 2. The molecule has 1 fully saturated rings. The molecule has 3 atom stereocenters. The van der Waals surface area contributed by atoms with Crippen LogP contribution >= 0.6 is 0 Å². The predicted octanol–water partition coefficient (Wildman–Crippen LogP) is 4.14. The molecule has 1 aromatic carbocycles. The van der Waals surface area contributed by atoms with E-state index < -0.39 is 19.1 Å². The molecule has 0 unspecified atom stereocenters. The molecule has 1 aromatic heterocycles. The molecule has 0 amide bonds. The topological polar surface area (TPSA) is 102 Å². The second-order valence-electron chi connectivity index (χ2n) is 8.73. The molecule has 172 valence electrons. The third-order valence-corrected chi connectivity index (χ3v) is 6.50. The Morgan fingerprint density at radius 1 is 1.15 bits per heavy atom. The van der Waals surface area contributed by atoms with Crippen LogP contribution in [0.15, 0.2) is 48.9 Å². The average Bonchev–Trinajstić information content (AvgIpc) is 3.44. The van der Waals surface area contributed by atoms with Crippen LogP contribution in [-0.4, -0.2) is 43.7 Å². The van der Waals surface area contributed by atoms with Crippen molar-refractivity contribution in [2.45, 2.75) is 44.3 Å². The molecule has 3 aliphatic rings. The summed E-state index contributed by atoms with van der Waals surface area (Å²) >= 11 is 0. The Balaban J connectivity index is 1.26. The van der Waals surface area contributed by atoms with Crippen molar-refractivity contribution in [1.29, 1.82) is 0 Å². The van der Waals surface area contributed by atoms with E-state index in [0.717, 1.165) is 42.1 Å². The van der Waals surface area contributed by atoms with Gasteiger partial charge in [0, 0.05) is 11.6 Å². The Kier molecular flexibility index (Phi) is 5.80. The molecule has 7 nitrogen and oxygen atoms in total. The first-order valence-electron chi connectivity index (χ1n) is 11.1. The summed E-state index contributed by atoms with van der Waals surface area (Å²) in [7, 11) is 0. The number of nitrogens with zero attached hydrogens (tertiary/aromatic N) is 4. The van der Waals surface area contributed by atoms with E-state index in [2.05, 4.69) is 26.3 Å². The molecule has 2 aromatic rings. The standard InChI is InChI=1S/C24H26F2N6O/c25-21(26)12-28-22-6-5-16-4-3-14(9-18(16)31-22)1-2-15-10-19(20(33)11-15)32-8-7-17(27)23-24(32)30-13-29-23/h3-9,13,15,19-21,33H,1-2,10-12,27H2,(H,28,31)/t15-,19+,20+/m0/s1. The van der Waals surface area contributed by atoms with Gasteiger partial charge in [-0.2, -0.15) is 0 Å². The van der Waals surface area contributed by atoms with Gasteiger partial charge in [0.2, 0.25) is 0 Å². The van der Waals surface area contributed by atoms with Crippen LogP contribution < -0.4 is 11.1 Å². The average molecular weight is 453 g/mol. The van der Waals surface area contributed by atoms with E-state index in [4.69, 9.17) is 5.73 Å². The highest BCUT2D eigenvalue weighted by Crippen LogP contribution is 2.40. The number of aliphatic hydroxyl groups excluding tert-OH is 1. The number of nitrogens with two attached hydrogens (primary N) is 1. The smallest absolute Gasteiger partial charge is 0.255 e. The molecular formula is C24H26F2N6O. The minimum Gasteiger partial charge on any atom is -0.397 e. The summed E-state index contributed by atoms with van der Waals surface area (Å²) in [5, 5.41) is 14.4. The van der Waals surface area contributed by atoms with Gasteiger partial charge in [-0.3, -0.25) is 0 Å². The summed E-state index contributed by atoms with van der Waals surface area (Å²) in [5.74, 6) is 1.52. The van der Waals surface area contributed by atoms with Crippen LogP contribution in [0.25, 0.3) is 22.4 Å². The molecule has 2 aliphatic heterocycles. The summed E-state index contributed by atoms with van der Waals surface area (Å²) < 4.78 is 26.9. The maximum atomic E-state index is 12.5. The zero-order chi connectivity index (χ0) is 22.9. The number of pyridine rings is 2. The van der Waals surface area contributed by atoms with Gasteiger partial charge in [-0.1, -0.05) is 12.1 Å². The number of alkyl halides is 2. The lowest BCUT2D eigenvalue weighted by atomic mass is 9.97. The van der Waals surface area contributed by atoms with E-state index in [1.807, 2.05) is 35.0 Å². The predicted molar refractivity (Wildman–Crippen MR) is 123 cm³/mol. The number of nitrogen functional groups attached to an aromatic ring is 1. The molecule has 3 heterocycles. The van der Waals surface area contributed by atoms with Crippen LogP contribution in [-0.2, 0) is 6.42 Å². The molecule has 33 heavy (non-hydrogen) atoms. The van der Waals surface area contributed by atoms with Crippen molar-refractivity contribution in [3.63, 3.8) is 0 Å². The zero-order valence-electron chi connectivity index (χ0n) is 18.0. The van der Waals surface area contributed by atoms with Crippen molar-refractivity contribution in [1.82, 2.24) is 19.5 Å². The molecular weight excluding hydrogens is 426 g/mol. The number of anilines is 2. The molecule has 4 N–H and O–H groups in total. The van der Waals surface area contributed by atoms with Crippen molar-refractivity contribution >= 4 is 22.4 Å². The lowest BCUT2D eigenvalue weighted by Crippen LogP contribution is -2.20. The summed E-state index contributed by atoms with van der Waals surface area (Å²) in [4.78, 5) is 13.0. The SMILES string of the molecule is Nc1ccn([C@@H]2C[C@H](CCc3ccc4ccc(NCC(F)F)nc4c3)C[C@H]2O)c2ncnc1-2. The van der Waals surface area contributed by atoms with Crippen molar-refractivity contribution in [3.8, 4) is 11.5 Å². The lowest BCUT2D eigenvalue weighted by molar-refractivity contribution is 0.134. The van der Waals surface area contributed by atoms with E-state index >= 15 is 0 Å². The van der Waals surface area contributed by atoms with Crippen LogP contribution in [0, 0.1) is 5.92 Å². The van der Waals surface area contributed by atoms with Gasteiger partial charge in [-0.05, 0) is 61.4 Å². The highest BCUT2D eigenvalue weighted by atomic mass is 19.3. The molecule has 9 heteroatoms. The third-order valence-electron chi connectivity index (χ3n) is 6.50. The van der Waals surface area contributed by atoms with Gasteiger partial charge in [0.05, 0.1) is 29.9 Å². The van der Waals surface area contributed by atoms with Crippen molar-refractivity contribution < 1.29 is 13.9 Å². The van der Waals surface area contributed by atoms with Gasteiger partial charge >= 0.3 is 0 Å². The number of benzene rings is 1. The Morgan fingerprint density at radius 2 is 2.00 bits per heavy atom. The minimum absolute atomic E-state index is 0.0588. The molecule has 0 bridgehead atoms. The quantitative estimate of drug-likeness (QED) is 0.390. The second-order valence-corrected chi connectivity index (χ2v) is 8.73. The maximum absolute atomic E-state index is 12.5. The maximum Gasteiger partial charge on any atom is 0.255 e. The molecule has 1 aliphatic carbocycles. The fourth-order valence-electron chi connectivity index (χ4n) is 4.83. The van der Waals surface area contributed by atoms with Crippen LogP contribution in [0.5, 0.6) is 0 Å².